The third kappa shape index (κ3) is 4.72. The number of hydrogen-bond donors (Lipinski definition) is 0. The molecule has 0 spiro atoms. The van der Waals surface area contributed by atoms with Crippen LogP contribution in [0.1, 0.15) is 37.1 Å². The molecule has 1 unspecified atom stereocenters. The minimum absolute atomic E-state index is 0.242. The standard InChI is InChI=1S/C27H27FN2O2/c1-19(2)24-15-22(16-25(29-24)21-9-11-23(28)12-10-21)27(3)13-14-30(18-27)26(31)32-17-20-7-5-4-6-8-20/h4-12,15-16H,1,13-14,17-18H2,2-3H3. The van der Waals surface area contributed by atoms with E-state index in [1.807, 2.05) is 49.4 Å². The molecular weight excluding hydrogens is 403 g/mol. The van der Waals surface area contributed by atoms with Crippen molar-refractivity contribution in [1.82, 2.24) is 9.88 Å². The average Bonchev–Trinajstić information content (AvgIpc) is 3.22. The number of halogens is 1. The maximum atomic E-state index is 13.4. The fourth-order valence-electron chi connectivity index (χ4n) is 4.03. The monoisotopic (exact) mass is 430 g/mol. The van der Waals surface area contributed by atoms with Crippen LogP contribution in [-0.4, -0.2) is 29.1 Å². The lowest BCUT2D eigenvalue weighted by Crippen LogP contribution is -2.33. The van der Waals surface area contributed by atoms with Crippen molar-refractivity contribution in [2.24, 2.45) is 0 Å². The number of pyridine rings is 1. The summed E-state index contributed by atoms with van der Waals surface area (Å²) in [7, 11) is 0. The zero-order chi connectivity index (χ0) is 22.7. The van der Waals surface area contributed by atoms with E-state index in [1.165, 1.54) is 12.1 Å². The number of likely N-dealkylation sites (tertiary alicyclic amines) is 1. The van der Waals surface area contributed by atoms with Crippen molar-refractivity contribution in [3.05, 3.63) is 95.9 Å². The Hall–Kier alpha value is -3.47. The molecule has 1 aliphatic rings. The molecule has 0 radical (unpaired) electrons. The van der Waals surface area contributed by atoms with Crippen molar-refractivity contribution in [3.8, 4) is 11.3 Å². The van der Waals surface area contributed by atoms with Gasteiger partial charge in [-0.3, -0.25) is 0 Å². The predicted molar refractivity (Wildman–Crippen MR) is 125 cm³/mol. The van der Waals surface area contributed by atoms with Gasteiger partial charge in [0.25, 0.3) is 0 Å². The first-order valence-corrected chi connectivity index (χ1v) is 10.7. The van der Waals surface area contributed by atoms with E-state index in [0.717, 1.165) is 40.1 Å². The van der Waals surface area contributed by atoms with Crippen LogP contribution in [0.25, 0.3) is 16.8 Å². The van der Waals surface area contributed by atoms with Crippen LogP contribution < -0.4 is 0 Å². The summed E-state index contributed by atoms with van der Waals surface area (Å²) in [5, 5.41) is 0. The molecule has 3 aromatic rings. The van der Waals surface area contributed by atoms with E-state index in [1.54, 1.807) is 17.0 Å². The third-order valence-corrected chi connectivity index (χ3v) is 6.04. The molecule has 4 nitrogen and oxygen atoms in total. The minimum Gasteiger partial charge on any atom is -0.445 e. The van der Waals surface area contributed by atoms with E-state index in [2.05, 4.69) is 13.5 Å². The van der Waals surface area contributed by atoms with Gasteiger partial charge in [-0.1, -0.05) is 43.8 Å². The Kier molecular flexibility index (Phi) is 6.08. The predicted octanol–water partition coefficient (Wildman–Crippen LogP) is 6.22. The molecule has 1 aliphatic heterocycles. The lowest BCUT2D eigenvalue weighted by molar-refractivity contribution is 0.102. The molecule has 32 heavy (non-hydrogen) atoms. The van der Waals surface area contributed by atoms with E-state index >= 15 is 0 Å². The van der Waals surface area contributed by atoms with Crippen LogP contribution in [0, 0.1) is 5.82 Å². The highest BCUT2D eigenvalue weighted by Crippen LogP contribution is 2.37. The third-order valence-electron chi connectivity index (χ3n) is 6.04. The highest BCUT2D eigenvalue weighted by atomic mass is 19.1. The van der Waals surface area contributed by atoms with Gasteiger partial charge in [-0.25, -0.2) is 14.2 Å². The van der Waals surface area contributed by atoms with Crippen molar-refractivity contribution < 1.29 is 13.9 Å². The van der Waals surface area contributed by atoms with Crippen LogP contribution >= 0.6 is 0 Å². The van der Waals surface area contributed by atoms with Crippen LogP contribution in [0.3, 0.4) is 0 Å². The number of benzene rings is 2. The molecule has 1 amide bonds. The second-order valence-electron chi connectivity index (χ2n) is 8.69. The summed E-state index contributed by atoms with van der Waals surface area (Å²) in [4.78, 5) is 19.2. The maximum absolute atomic E-state index is 13.4. The number of carbonyl (C=O) groups is 1. The highest BCUT2D eigenvalue weighted by molar-refractivity contribution is 5.69. The molecule has 0 N–H and O–H groups in total. The Labute approximate surface area is 188 Å². The van der Waals surface area contributed by atoms with E-state index in [-0.39, 0.29) is 23.9 Å². The summed E-state index contributed by atoms with van der Waals surface area (Å²) in [6.45, 7) is 9.58. The molecule has 1 fully saturated rings. The SMILES string of the molecule is C=C(C)c1cc(C2(C)CCN(C(=O)OCc3ccccc3)C2)cc(-c2ccc(F)cc2)n1. The second-order valence-corrected chi connectivity index (χ2v) is 8.69. The Morgan fingerprint density at radius 2 is 1.88 bits per heavy atom. The molecule has 4 rings (SSSR count). The van der Waals surface area contributed by atoms with Gasteiger partial charge in [0.15, 0.2) is 0 Å². The minimum atomic E-state index is -0.300. The van der Waals surface area contributed by atoms with Gasteiger partial charge in [0, 0.05) is 24.1 Å². The number of hydrogen-bond acceptors (Lipinski definition) is 3. The van der Waals surface area contributed by atoms with Gasteiger partial charge in [-0.05, 0) is 66.4 Å². The molecule has 0 bridgehead atoms. The van der Waals surface area contributed by atoms with Crippen LogP contribution in [-0.2, 0) is 16.8 Å². The number of carbonyl (C=O) groups excluding carboxylic acids is 1. The van der Waals surface area contributed by atoms with E-state index < -0.39 is 0 Å². The van der Waals surface area contributed by atoms with Gasteiger partial charge in [0.2, 0.25) is 0 Å². The number of allylic oxidation sites excluding steroid dienone is 1. The Balaban J connectivity index is 1.55. The number of nitrogens with zero attached hydrogens (tertiary/aromatic N) is 2. The fraction of sp³-hybridized carbons (Fsp3) is 0.259. The maximum Gasteiger partial charge on any atom is 0.410 e. The summed E-state index contributed by atoms with van der Waals surface area (Å²) in [5.74, 6) is -0.280. The first-order chi connectivity index (χ1) is 15.3. The quantitative estimate of drug-likeness (QED) is 0.482. The number of rotatable bonds is 5. The molecular formula is C27H27FN2O2. The summed E-state index contributed by atoms with van der Waals surface area (Å²) >= 11 is 0. The van der Waals surface area contributed by atoms with Gasteiger partial charge in [-0.2, -0.15) is 0 Å². The molecule has 0 aliphatic carbocycles. The van der Waals surface area contributed by atoms with Crippen molar-refractivity contribution in [2.45, 2.75) is 32.3 Å². The highest BCUT2D eigenvalue weighted by Gasteiger charge is 2.38. The first-order valence-electron chi connectivity index (χ1n) is 10.7. The molecule has 2 aromatic carbocycles. The van der Waals surface area contributed by atoms with Gasteiger partial charge in [0.1, 0.15) is 12.4 Å². The molecule has 5 heteroatoms. The van der Waals surface area contributed by atoms with E-state index in [4.69, 9.17) is 9.72 Å². The summed E-state index contributed by atoms with van der Waals surface area (Å²) in [5.41, 5.74) is 5.08. The van der Waals surface area contributed by atoms with Crippen molar-refractivity contribution in [3.63, 3.8) is 0 Å². The van der Waals surface area contributed by atoms with Gasteiger partial charge < -0.3 is 9.64 Å². The van der Waals surface area contributed by atoms with Crippen molar-refractivity contribution >= 4 is 11.7 Å². The van der Waals surface area contributed by atoms with Crippen molar-refractivity contribution in [1.29, 1.82) is 0 Å². The van der Waals surface area contributed by atoms with E-state index in [0.29, 0.717) is 13.1 Å². The van der Waals surface area contributed by atoms with E-state index in [9.17, 15) is 9.18 Å². The van der Waals surface area contributed by atoms with Gasteiger partial charge >= 0.3 is 6.09 Å². The zero-order valence-electron chi connectivity index (χ0n) is 18.5. The largest absolute Gasteiger partial charge is 0.445 e. The lowest BCUT2D eigenvalue weighted by atomic mass is 9.81. The number of aromatic nitrogens is 1. The lowest BCUT2D eigenvalue weighted by Gasteiger charge is -2.26. The Bertz CT molecular complexity index is 1130. The topological polar surface area (TPSA) is 42.4 Å². The Morgan fingerprint density at radius 1 is 1.16 bits per heavy atom. The second kappa shape index (κ2) is 8.95. The summed E-state index contributed by atoms with van der Waals surface area (Å²) < 4.78 is 18.9. The molecule has 2 heterocycles. The molecule has 1 saturated heterocycles. The van der Waals surface area contributed by atoms with Crippen LogP contribution in [0.2, 0.25) is 0 Å². The van der Waals surface area contributed by atoms with Crippen LogP contribution in [0.15, 0.2) is 73.3 Å². The average molecular weight is 431 g/mol. The summed E-state index contributed by atoms with van der Waals surface area (Å²) in [6, 6.07) is 20.1. The van der Waals surface area contributed by atoms with Crippen molar-refractivity contribution in [2.75, 3.05) is 13.1 Å². The fourth-order valence-corrected chi connectivity index (χ4v) is 4.03. The zero-order valence-corrected chi connectivity index (χ0v) is 18.5. The number of ether oxygens (including phenoxy) is 1. The van der Waals surface area contributed by atoms with Crippen LogP contribution in [0.4, 0.5) is 9.18 Å². The number of amides is 1. The normalized spacial score (nSPS) is 17.9. The molecule has 0 saturated carbocycles. The van der Waals surface area contributed by atoms with Gasteiger partial charge in [-0.15, -0.1) is 0 Å². The molecule has 1 aromatic heterocycles. The Morgan fingerprint density at radius 3 is 2.56 bits per heavy atom. The molecule has 164 valence electrons. The van der Waals surface area contributed by atoms with Crippen LogP contribution in [0.5, 0.6) is 0 Å². The van der Waals surface area contributed by atoms with Gasteiger partial charge in [0.05, 0.1) is 11.4 Å². The smallest absolute Gasteiger partial charge is 0.410 e. The first kappa shape index (κ1) is 21.8. The molecule has 1 atom stereocenters. The summed E-state index contributed by atoms with van der Waals surface area (Å²) in [6.07, 6.45) is 0.515.